The number of aromatic nitrogens is 2. The van der Waals surface area contributed by atoms with E-state index in [4.69, 9.17) is 4.52 Å². The number of carbonyl (C=O) groups is 1. The fraction of sp³-hybridized carbons (Fsp3) is 0.450. The van der Waals surface area contributed by atoms with Crippen LogP contribution in [0.4, 0.5) is 0 Å². The summed E-state index contributed by atoms with van der Waals surface area (Å²) < 4.78 is 32.9. The number of piperidine rings is 1. The molecule has 1 amide bonds. The minimum absolute atomic E-state index is 0.0803. The second-order valence-electron chi connectivity index (χ2n) is 7.56. The number of carbonyl (C=O) groups excluding carboxylic acids is 1. The van der Waals surface area contributed by atoms with Crippen LogP contribution in [0.25, 0.3) is 11.4 Å². The smallest absolute Gasteiger partial charge is 0.252 e. The van der Waals surface area contributed by atoms with Crippen molar-refractivity contribution in [1.29, 1.82) is 0 Å². The normalized spacial score (nSPS) is 17.7. The van der Waals surface area contributed by atoms with Crippen LogP contribution in [0.2, 0.25) is 0 Å². The number of amides is 1. The van der Waals surface area contributed by atoms with Crippen LogP contribution < -0.4 is 5.32 Å². The molecule has 0 saturated carbocycles. The highest BCUT2D eigenvalue weighted by Gasteiger charge is 2.34. The summed E-state index contributed by atoms with van der Waals surface area (Å²) in [7, 11) is -3.68. The number of aryl methyl sites for hydroxylation is 2. The molecule has 11 heteroatoms. The minimum atomic E-state index is -3.68. The van der Waals surface area contributed by atoms with E-state index in [-0.39, 0.29) is 22.6 Å². The van der Waals surface area contributed by atoms with Gasteiger partial charge in [-0.2, -0.15) is 9.29 Å². The molecular formula is C20H24N4O4S3. The number of sulfonamides is 1. The van der Waals surface area contributed by atoms with Gasteiger partial charge in [-0.1, -0.05) is 5.16 Å². The summed E-state index contributed by atoms with van der Waals surface area (Å²) in [6.45, 7) is 4.91. The molecule has 166 valence electrons. The number of thiophene rings is 2. The molecule has 1 aliphatic rings. The lowest BCUT2D eigenvalue weighted by molar-refractivity contribution is -0.126. The maximum atomic E-state index is 13.2. The van der Waals surface area contributed by atoms with Crippen LogP contribution >= 0.6 is 22.7 Å². The first-order valence-electron chi connectivity index (χ1n) is 10.0. The molecule has 1 aliphatic heterocycles. The Morgan fingerprint density at radius 3 is 2.90 bits per heavy atom. The summed E-state index contributed by atoms with van der Waals surface area (Å²) in [5.41, 5.74) is 1.84. The molecule has 31 heavy (non-hydrogen) atoms. The average molecular weight is 481 g/mol. The van der Waals surface area contributed by atoms with Crippen LogP contribution in [0, 0.1) is 19.8 Å². The van der Waals surface area contributed by atoms with E-state index in [1.807, 2.05) is 5.38 Å². The first-order chi connectivity index (χ1) is 14.8. The molecular weight excluding hydrogens is 456 g/mol. The van der Waals surface area contributed by atoms with Gasteiger partial charge in [-0.25, -0.2) is 8.42 Å². The second kappa shape index (κ2) is 9.19. The molecule has 3 aromatic rings. The molecule has 1 fully saturated rings. The first-order valence-corrected chi connectivity index (χ1v) is 13.2. The van der Waals surface area contributed by atoms with Gasteiger partial charge in [0.15, 0.2) is 0 Å². The van der Waals surface area contributed by atoms with Crippen molar-refractivity contribution in [3.05, 3.63) is 39.2 Å². The van der Waals surface area contributed by atoms with Gasteiger partial charge in [-0.3, -0.25) is 4.79 Å². The fourth-order valence-corrected chi connectivity index (χ4v) is 7.34. The minimum Gasteiger partial charge on any atom is -0.355 e. The molecule has 0 aliphatic carbocycles. The predicted octanol–water partition coefficient (Wildman–Crippen LogP) is 3.24. The zero-order valence-electron chi connectivity index (χ0n) is 17.3. The molecule has 4 heterocycles. The van der Waals surface area contributed by atoms with E-state index in [1.54, 1.807) is 29.7 Å². The Labute approximate surface area is 189 Å². The summed E-state index contributed by atoms with van der Waals surface area (Å²) in [5.74, 6) is 0.368. The maximum absolute atomic E-state index is 13.2. The number of hydrogen-bond acceptors (Lipinski definition) is 8. The molecule has 0 unspecified atom stereocenters. The topological polar surface area (TPSA) is 105 Å². The van der Waals surface area contributed by atoms with Crippen molar-refractivity contribution in [2.75, 3.05) is 19.6 Å². The van der Waals surface area contributed by atoms with Crippen LogP contribution in [0.1, 0.15) is 29.2 Å². The van der Waals surface area contributed by atoms with E-state index in [0.717, 1.165) is 17.8 Å². The largest absolute Gasteiger partial charge is 0.355 e. The van der Waals surface area contributed by atoms with Gasteiger partial charge in [0, 0.05) is 42.4 Å². The Bertz CT molecular complexity index is 1160. The van der Waals surface area contributed by atoms with Gasteiger partial charge < -0.3 is 9.84 Å². The highest BCUT2D eigenvalue weighted by molar-refractivity contribution is 7.91. The van der Waals surface area contributed by atoms with Crippen molar-refractivity contribution in [3.8, 4) is 11.4 Å². The van der Waals surface area contributed by atoms with Crippen molar-refractivity contribution in [2.45, 2.75) is 37.3 Å². The standard InChI is InChI=1S/C20H24N4O4S3/c1-13-6-9-29-17(13)5-7-21-20(25)15-4-3-8-24(11-15)31(26,27)18-10-16(12-30-18)19-22-14(2)28-23-19/h6,9-10,12,15H,3-5,7-8,11H2,1-2H3,(H,21,25)/t15-/m1/s1. The lowest BCUT2D eigenvalue weighted by Gasteiger charge is -2.30. The van der Waals surface area contributed by atoms with Crippen molar-refractivity contribution in [1.82, 2.24) is 19.8 Å². The van der Waals surface area contributed by atoms with Crippen molar-refractivity contribution in [3.63, 3.8) is 0 Å². The summed E-state index contributed by atoms with van der Waals surface area (Å²) >= 11 is 2.81. The Morgan fingerprint density at radius 1 is 1.35 bits per heavy atom. The van der Waals surface area contributed by atoms with Crippen molar-refractivity contribution >= 4 is 38.6 Å². The molecule has 1 N–H and O–H groups in total. The number of nitrogens with one attached hydrogen (secondary N) is 1. The fourth-order valence-electron chi connectivity index (χ4n) is 3.59. The molecule has 1 saturated heterocycles. The third-order valence-corrected chi connectivity index (χ3v) is 9.69. The zero-order chi connectivity index (χ0) is 22.0. The molecule has 4 rings (SSSR count). The Hall–Kier alpha value is -2.08. The van der Waals surface area contributed by atoms with Crippen molar-refractivity contribution < 1.29 is 17.7 Å². The monoisotopic (exact) mass is 480 g/mol. The van der Waals surface area contributed by atoms with E-state index in [0.29, 0.717) is 43.2 Å². The van der Waals surface area contributed by atoms with Gasteiger partial charge in [-0.15, -0.1) is 22.7 Å². The van der Waals surface area contributed by atoms with Gasteiger partial charge in [0.2, 0.25) is 17.6 Å². The van der Waals surface area contributed by atoms with Crippen LogP contribution in [-0.2, 0) is 21.2 Å². The van der Waals surface area contributed by atoms with Crippen LogP contribution in [-0.4, -0.2) is 48.4 Å². The Balaban J connectivity index is 1.38. The Morgan fingerprint density at radius 2 is 2.19 bits per heavy atom. The lowest BCUT2D eigenvalue weighted by atomic mass is 9.99. The predicted molar refractivity (Wildman–Crippen MR) is 120 cm³/mol. The average Bonchev–Trinajstić information content (AvgIpc) is 3.50. The highest BCUT2D eigenvalue weighted by Crippen LogP contribution is 2.31. The number of hydrogen-bond donors (Lipinski definition) is 1. The molecule has 3 aromatic heterocycles. The molecule has 8 nitrogen and oxygen atoms in total. The first kappa shape index (κ1) is 22.1. The lowest BCUT2D eigenvalue weighted by Crippen LogP contribution is -2.45. The SMILES string of the molecule is Cc1nc(-c2csc(S(=O)(=O)N3CCC[C@@H](C(=O)NCCc4sccc4C)C3)c2)no1. The van der Waals surface area contributed by atoms with Crippen LogP contribution in [0.15, 0.2) is 31.6 Å². The van der Waals surface area contributed by atoms with Gasteiger partial charge in [0.1, 0.15) is 4.21 Å². The van der Waals surface area contributed by atoms with Gasteiger partial charge in [0.05, 0.1) is 5.92 Å². The van der Waals surface area contributed by atoms with E-state index >= 15 is 0 Å². The maximum Gasteiger partial charge on any atom is 0.252 e. The summed E-state index contributed by atoms with van der Waals surface area (Å²) in [4.78, 5) is 18.1. The van der Waals surface area contributed by atoms with Gasteiger partial charge in [0.25, 0.3) is 10.0 Å². The number of rotatable bonds is 7. The van der Waals surface area contributed by atoms with E-state index in [1.165, 1.54) is 14.7 Å². The van der Waals surface area contributed by atoms with E-state index < -0.39 is 10.0 Å². The molecule has 0 radical (unpaired) electrons. The quantitative estimate of drug-likeness (QED) is 0.557. The molecule has 0 aromatic carbocycles. The van der Waals surface area contributed by atoms with Crippen LogP contribution in [0.5, 0.6) is 0 Å². The third kappa shape index (κ3) is 4.89. The van der Waals surface area contributed by atoms with Gasteiger partial charge >= 0.3 is 0 Å². The summed E-state index contributed by atoms with van der Waals surface area (Å²) in [6, 6.07) is 3.64. The van der Waals surface area contributed by atoms with E-state index in [2.05, 4.69) is 28.4 Å². The molecule has 1 atom stereocenters. The summed E-state index contributed by atoms with van der Waals surface area (Å²) in [5, 5.41) is 10.6. The zero-order valence-corrected chi connectivity index (χ0v) is 19.8. The molecule has 0 spiro atoms. The highest BCUT2D eigenvalue weighted by atomic mass is 32.2. The third-order valence-electron chi connectivity index (χ3n) is 5.33. The van der Waals surface area contributed by atoms with Crippen molar-refractivity contribution in [2.24, 2.45) is 5.92 Å². The summed E-state index contributed by atoms with van der Waals surface area (Å²) in [6.07, 6.45) is 2.13. The second-order valence-corrected chi connectivity index (χ2v) is 11.6. The van der Waals surface area contributed by atoms with Crippen LogP contribution in [0.3, 0.4) is 0 Å². The Kier molecular flexibility index (Phi) is 6.56. The van der Waals surface area contributed by atoms with Gasteiger partial charge in [-0.05, 0) is 49.3 Å². The number of nitrogens with zero attached hydrogens (tertiary/aromatic N) is 3. The van der Waals surface area contributed by atoms with E-state index in [9.17, 15) is 13.2 Å². The molecule has 0 bridgehead atoms.